The lowest BCUT2D eigenvalue weighted by Gasteiger charge is -2.20. The van der Waals surface area contributed by atoms with Gasteiger partial charge in [-0.2, -0.15) is 5.10 Å². The van der Waals surface area contributed by atoms with Gasteiger partial charge in [0, 0.05) is 44.9 Å². The standard InChI is InChI=1S/C18H28N4O/c1-12-8-9-17(23-7)15(10-12)13(2)19-11-16-14(3)20-22(6)18(16)21(4)5/h8-10,13,19H,11H2,1-7H3/t13-/m0/s1. The molecule has 1 heterocycles. The highest BCUT2D eigenvalue weighted by Gasteiger charge is 2.17. The first-order chi connectivity index (χ1) is 10.8. The second kappa shape index (κ2) is 7.04. The molecule has 0 saturated heterocycles. The molecule has 23 heavy (non-hydrogen) atoms. The van der Waals surface area contributed by atoms with Gasteiger partial charge in [-0.25, -0.2) is 0 Å². The summed E-state index contributed by atoms with van der Waals surface area (Å²) in [6.45, 7) is 7.09. The molecule has 0 aliphatic rings. The van der Waals surface area contributed by atoms with Gasteiger partial charge in [0.15, 0.2) is 0 Å². The number of ether oxygens (including phenoxy) is 1. The van der Waals surface area contributed by atoms with Crippen molar-refractivity contribution in [1.29, 1.82) is 0 Å². The molecule has 126 valence electrons. The van der Waals surface area contributed by atoms with Gasteiger partial charge in [-0.3, -0.25) is 4.68 Å². The van der Waals surface area contributed by atoms with Gasteiger partial charge >= 0.3 is 0 Å². The maximum absolute atomic E-state index is 5.50. The van der Waals surface area contributed by atoms with E-state index in [0.717, 1.165) is 23.8 Å². The molecule has 0 aliphatic carbocycles. The molecule has 1 atom stereocenters. The quantitative estimate of drug-likeness (QED) is 0.890. The van der Waals surface area contributed by atoms with E-state index >= 15 is 0 Å². The first-order valence-corrected chi connectivity index (χ1v) is 7.92. The molecule has 0 fully saturated rings. The Morgan fingerprint density at radius 2 is 2.00 bits per heavy atom. The second-order valence-corrected chi connectivity index (χ2v) is 6.25. The minimum atomic E-state index is 0.194. The first-order valence-electron chi connectivity index (χ1n) is 7.92. The summed E-state index contributed by atoms with van der Waals surface area (Å²) in [6, 6.07) is 6.48. The third kappa shape index (κ3) is 3.67. The van der Waals surface area contributed by atoms with Crippen molar-refractivity contribution in [2.75, 3.05) is 26.1 Å². The average molecular weight is 316 g/mol. The molecule has 2 aromatic rings. The molecule has 0 spiro atoms. The highest BCUT2D eigenvalue weighted by molar-refractivity contribution is 5.49. The molecule has 1 N–H and O–H groups in total. The predicted molar refractivity (Wildman–Crippen MR) is 95.3 cm³/mol. The zero-order chi connectivity index (χ0) is 17.1. The molecular formula is C18H28N4O. The SMILES string of the molecule is COc1ccc(C)cc1[C@H](C)NCc1c(C)nn(C)c1N(C)C. The van der Waals surface area contributed by atoms with Crippen molar-refractivity contribution in [3.8, 4) is 5.75 Å². The van der Waals surface area contributed by atoms with Crippen LogP contribution in [0.3, 0.4) is 0 Å². The minimum absolute atomic E-state index is 0.194. The summed E-state index contributed by atoms with van der Waals surface area (Å²) < 4.78 is 7.43. The van der Waals surface area contributed by atoms with Crippen molar-refractivity contribution < 1.29 is 4.74 Å². The Bertz CT molecular complexity index is 676. The normalized spacial score (nSPS) is 12.3. The molecule has 2 rings (SSSR count). The largest absolute Gasteiger partial charge is 0.496 e. The molecular weight excluding hydrogens is 288 g/mol. The predicted octanol–water partition coefficient (Wildman–Crippen LogP) is 2.96. The van der Waals surface area contributed by atoms with Crippen LogP contribution in [0.2, 0.25) is 0 Å². The molecule has 5 heteroatoms. The highest BCUT2D eigenvalue weighted by Crippen LogP contribution is 2.27. The summed E-state index contributed by atoms with van der Waals surface area (Å²) in [6.07, 6.45) is 0. The average Bonchev–Trinajstić information content (AvgIpc) is 2.78. The van der Waals surface area contributed by atoms with Crippen molar-refractivity contribution in [1.82, 2.24) is 15.1 Å². The van der Waals surface area contributed by atoms with Crippen molar-refractivity contribution in [3.63, 3.8) is 0 Å². The van der Waals surface area contributed by atoms with Crippen LogP contribution in [0.4, 0.5) is 5.82 Å². The third-order valence-electron chi connectivity index (χ3n) is 4.17. The van der Waals surface area contributed by atoms with Gasteiger partial charge in [0.1, 0.15) is 11.6 Å². The van der Waals surface area contributed by atoms with Gasteiger partial charge in [-0.1, -0.05) is 17.7 Å². The zero-order valence-electron chi connectivity index (χ0n) is 15.3. The Labute approximate surface area is 139 Å². The van der Waals surface area contributed by atoms with E-state index in [2.05, 4.69) is 48.2 Å². The number of nitrogens with one attached hydrogen (secondary N) is 1. The molecule has 0 aliphatic heterocycles. The number of anilines is 1. The molecule has 0 bridgehead atoms. The number of methoxy groups -OCH3 is 1. The van der Waals surface area contributed by atoms with Crippen molar-refractivity contribution >= 4 is 5.82 Å². The topological polar surface area (TPSA) is 42.3 Å². The van der Waals surface area contributed by atoms with Gasteiger partial charge in [0.2, 0.25) is 0 Å². The maximum Gasteiger partial charge on any atom is 0.130 e. The zero-order valence-corrected chi connectivity index (χ0v) is 15.3. The first kappa shape index (κ1) is 17.3. The van der Waals surface area contributed by atoms with E-state index in [1.165, 1.54) is 16.7 Å². The Morgan fingerprint density at radius 1 is 1.30 bits per heavy atom. The van der Waals surface area contributed by atoms with E-state index in [1.54, 1.807) is 7.11 Å². The number of aromatic nitrogens is 2. The lowest BCUT2D eigenvalue weighted by molar-refractivity contribution is 0.401. The van der Waals surface area contributed by atoms with Crippen LogP contribution in [0, 0.1) is 13.8 Å². The number of nitrogens with zero attached hydrogens (tertiary/aromatic N) is 3. The molecule has 0 saturated carbocycles. The van der Waals surface area contributed by atoms with Gasteiger partial charge in [-0.15, -0.1) is 0 Å². The molecule has 1 aromatic heterocycles. The number of hydrogen-bond donors (Lipinski definition) is 1. The Balaban J connectivity index is 2.20. The molecule has 1 aromatic carbocycles. The molecule has 0 amide bonds. The Morgan fingerprint density at radius 3 is 2.61 bits per heavy atom. The molecule has 0 radical (unpaired) electrons. The summed E-state index contributed by atoms with van der Waals surface area (Å²) in [4.78, 5) is 2.11. The summed E-state index contributed by atoms with van der Waals surface area (Å²) >= 11 is 0. The van der Waals surface area contributed by atoms with Crippen LogP contribution in [0.15, 0.2) is 18.2 Å². The summed E-state index contributed by atoms with van der Waals surface area (Å²) in [5.74, 6) is 2.06. The lowest BCUT2D eigenvalue weighted by Crippen LogP contribution is -2.21. The van der Waals surface area contributed by atoms with E-state index in [9.17, 15) is 0 Å². The van der Waals surface area contributed by atoms with E-state index in [4.69, 9.17) is 4.74 Å². The van der Waals surface area contributed by atoms with Crippen molar-refractivity contribution in [2.24, 2.45) is 7.05 Å². The Kier molecular flexibility index (Phi) is 5.31. The van der Waals surface area contributed by atoms with Crippen LogP contribution in [-0.2, 0) is 13.6 Å². The van der Waals surface area contributed by atoms with Gasteiger partial charge in [-0.05, 0) is 26.8 Å². The number of rotatable bonds is 6. The molecule has 0 unspecified atom stereocenters. The second-order valence-electron chi connectivity index (χ2n) is 6.25. The monoisotopic (exact) mass is 316 g/mol. The minimum Gasteiger partial charge on any atom is -0.496 e. The lowest BCUT2D eigenvalue weighted by atomic mass is 10.0. The maximum atomic E-state index is 5.50. The van der Waals surface area contributed by atoms with E-state index in [-0.39, 0.29) is 6.04 Å². The van der Waals surface area contributed by atoms with Crippen molar-refractivity contribution in [2.45, 2.75) is 33.4 Å². The fourth-order valence-electron chi connectivity index (χ4n) is 3.01. The van der Waals surface area contributed by atoms with Crippen LogP contribution in [0.1, 0.15) is 35.3 Å². The van der Waals surface area contributed by atoms with Crippen molar-refractivity contribution in [3.05, 3.63) is 40.6 Å². The van der Waals surface area contributed by atoms with Crippen LogP contribution in [-0.4, -0.2) is 31.0 Å². The smallest absolute Gasteiger partial charge is 0.130 e. The van der Waals surface area contributed by atoms with E-state index < -0.39 is 0 Å². The fourth-order valence-corrected chi connectivity index (χ4v) is 3.01. The van der Waals surface area contributed by atoms with Crippen LogP contribution < -0.4 is 15.0 Å². The van der Waals surface area contributed by atoms with Gasteiger partial charge in [0.25, 0.3) is 0 Å². The Hall–Kier alpha value is -2.01. The third-order valence-corrected chi connectivity index (χ3v) is 4.17. The fraction of sp³-hybridized carbons (Fsp3) is 0.500. The van der Waals surface area contributed by atoms with E-state index in [0.29, 0.717) is 0 Å². The number of aryl methyl sites for hydroxylation is 3. The number of benzene rings is 1. The highest BCUT2D eigenvalue weighted by atomic mass is 16.5. The van der Waals surface area contributed by atoms with Crippen LogP contribution in [0.25, 0.3) is 0 Å². The van der Waals surface area contributed by atoms with Crippen LogP contribution in [0.5, 0.6) is 5.75 Å². The van der Waals surface area contributed by atoms with Gasteiger partial charge in [0.05, 0.1) is 12.8 Å². The van der Waals surface area contributed by atoms with E-state index in [1.807, 2.05) is 31.9 Å². The van der Waals surface area contributed by atoms with Crippen LogP contribution >= 0.6 is 0 Å². The summed E-state index contributed by atoms with van der Waals surface area (Å²) in [5, 5.41) is 8.15. The number of hydrogen-bond acceptors (Lipinski definition) is 4. The van der Waals surface area contributed by atoms with Gasteiger partial charge < -0.3 is 15.0 Å². The summed E-state index contributed by atoms with van der Waals surface area (Å²) in [5.41, 5.74) is 4.71. The molecule has 5 nitrogen and oxygen atoms in total. The summed E-state index contributed by atoms with van der Waals surface area (Å²) in [7, 11) is 7.80.